The fourth-order valence-electron chi connectivity index (χ4n) is 1.87. The Morgan fingerprint density at radius 2 is 2.07 bits per heavy atom. The number of nitrogens with zero attached hydrogens (tertiary/aromatic N) is 1. The molecule has 1 fully saturated rings. The highest BCUT2D eigenvalue weighted by atomic mass is 16.5. The molecule has 0 radical (unpaired) electrons. The van der Waals surface area contributed by atoms with Gasteiger partial charge in [-0.1, -0.05) is 0 Å². The van der Waals surface area contributed by atoms with Crippen LogP contribution in [-0.2, 0) is 9.53 Å². The van der Waals surface area contributed by atoms with Crippen LogP contribution in [0, 0.1) is 0 Å². The van der Waals surface area contributed by atoms with E-state index < -0.39 is 0 Å². The zero-order valence-corrected chi connectivity index (χ0v) is 9.41. The molecule has 1 rings (SSSR count). The van der Waals surface area contributed by atoms with Gasteiger partial charge in [-0.25, -0.2) is 0 Å². The smallest absolute Gasteiger partial charge is 0.234 e. The molecule has 0 aromatic heterocycles. The van der Waals surface area contributed by atoms with Crippen molar-refractivity contribution < 1.29 is 9.53 Å². The van der Waals surface area contributed by atoms with E-state index in [0.29, 0.717) is 6.42 Å². The molecule has 1 saturated heterocycles. The van der Waals surface area contributed by atoms with E-state index in [2.05, 4.69) is 0 Å². The average Bonchev–Trinajstić information content (AvgIpc) is 2.26. The third-order valence-corrected chi connectivity index (χ3v) is 2.36. The Labute approximate surface area is 85.4 Å². The number of amides is 1. The first kappa shape index (κ1) is 11.5. The standard InChI is InChI=1S/C10H20N2O2/c1-10(2,3)14-7-5-8(9(11)13)12(4)6-7/h7-8H,5-6H2,1-4H3,(H2,11,13). The Kier molecular flexibility index (Phi) is 3.17. The molecule has 4 heteroatoms. The number of rotatable bonds is 2. The molecule has 4 nitrogen and oxygen atoms in total. The lowest BCUT2D eigenvalue weighted by molar-refractivity contribution is -0.122. The summed E-state index contributed by atoms with van der Waals surface area (Å²) in [6.07, 6.45) is 0.834. The van der Waals surface area contributed by atoms with E-state index in [1.807, 2.05) is 32.7 Å². The van der Waals surface area contributed by atoms with Crippen molar-refractivity contribution in [1.29, 1.82) is 0 Å². The van der Waals surface area contributed by atoms with Crippen molar-refractivity contribution in [3.63, 3.8) is 0 Å². The molecule has 82 valence electrons. The second-order valence-electron chi connectivity index (χ2n) is 4.95. The van der Waals surface area contributed by atoms with Crippen molar-refractivity contribution >= 4 is 5.91 Å². The van der Waals surface area contributed by atoms with Crippen LogP contribution in [-0.4, -0.2) is 42.1 Å². The zero-order chi connectivity index (χ0) is 10.9. The summed E-state index contributed by atoms with van der Waals surface area (Å²) in [5.41, 5.74) is 5.12. The van der Waals surface area contributed by atoms with Gasteiger partial charge in [-0.2, -0.15) is 0 Å². The summed E-state index contributed by atoms with van der Waals surface area (Å²) in [5.74, 6) is -0.257. The van der Waals surface area contributed by atoms with Crippen molar-refractivity contribution in [3.8, 4) is 0 Å². The number of hydrogen-bond donors (Lipinski definition) is 1. The number of carbonyl (C=O) groups is 1. The molecule has 14 heavy (non-hydrogen) atoms. The Balaban J connectivity index is 2.51. The topological polar surface area (TPSA) is 55.6 Å². The molecule has 0 spiro atoms. The van der Waals surface area contributed by atoms with Gasteiger partial charge in [0.15, 0.2) is 0 Å². The van der Waals surface area contributed by atoms with Gasteiger partial charge in [-0.05, 0) is 34.2 Å². The minimum Gasteiger partial charge on any atom is -0.371 e. The van der Waals surface area contributed by atoms with E-state index >= 15 is 0 Å². The minimum atomic E-state index is -0.257. The average molecular weight is 200 g/mol. The van der Waals surface area contributed by atoms with Crippen LogP contribution in [0.4, 0.5) is 0 Å². The molecule has 0 aliphatic carbocycles. The van der Waals surface area contributed by atoms with Crippen molar-refractivity contribution in [2.75, 3.05) is 13.6 Å². The number of likely N-dealkylation sites (N-methyl/N-ethyl adjacent to an activating group) is 1. The highest BCUT2D eigenvalue weighted by Crippen LogP contribution is 2.22. The number of primary amides is 1. The van der Waals surface area contributed by atoms with Crippen LogP contribution in [0.3, 0.4) is 0 Å². The van der Waals surface area contributed by atoms with Crippen LogP contribution in [0.15, 0.2) is 0 Å². The molecule has 0 aromatic rings. The lowest BCUT2D eigenvalue weighted by Crippen LogP contribution is -2.37. The Morgan fingerprint density at radius 3 is 2.43 bits per heavy atom. The van der Waals surface area contributed by atoms with E-state index in [1.54, 1.807) is 0 Å². The van der Waals surface area contributed by atoms with Crippen LogP contribution in [0.5, 0.6) is 0 Å². The molecule has 0 saturated carbocycles. The molecular weight excluding hydrogens is 180 g/mol. The van der Waals surface area contributed by atoms with Crippen LogP contribution < -0.4 is 5.73 Å². The SMILES string of the molecule is CN1CC(OC(C)(C)C)CC1C(N)=O. The monoisotopic (exact) mass is 200 g/mol. The van der Waals surface area contributed by atoms with Gasteiger partial charge in [0.05, 0.1) is 17.7 Å². The van der Waals surface area contributed by atoms with Crippen LogP contribution in [0.2, 0.25) is 0 Å². The lowest BCUT2D eigenvalue weighted by atomic mass is 10.1. The first-order valence-corrected chi connectivity index (χ1v) is 4.97. The zero-order valence-electron chi connectivity index (χ0n) is 9.41. The van der Waals surface area contributed by atoms with E-state index in [1.165, 1.54) is 0 Å². The Bertz CT molecular complexity index is 223. The summed E-state index contributed by atoms with van der Waals surface area (Å²) in [4.78, 5) is 13.0. The molecule has 1 aliphatic rings. The Hall–Kier alpha value is -0.610. The Morgan fingerprint density at radius 1 is 1.50 bits per heavy atom. The maximum Gasteiger partial charge on any atom is 0.234 e. The van der Waals surface area contributed by atoms with Crippen molar-refractivity contribution in [1.82, 2.24) is 4.90 Å². The number of hydrogen-bond acceptors (Lipinski definition) is 3. The molecule has 1 heterocycles. The van der Waals surface area contributed by atoms with Gasteiger partial charge >= 0.3 is 0 Å². The van der Waals surface area contributed by atoms with Gasteiger partial charge in [-0.15, -0.1) is 0 Å². The maximum absolute atomic E-state index is 11.0. The van der Waals surface area contributed by atoms with Gasteiger partial charge in [0.1, 0.15) is 0 Å². The fraction of sp³-hybridized carbons (Fsp3) is 0.900. The van der Waals surface area contributed by atoms with Gasteiger partial charge in [0.2, 0.25) is 5.91 Å². The predicted molar refractivity (Wildman–Crippen MR) is 54.9 cm³/mol. The van der Waals surface area contributed by atoms with E-state index in [9.17, 15) is 4.79 Å². The molecule has 2 N–H and O–H groups in total. The quantitative estimate of drug-likeness (QED) is 0.700. The van der Waals surface area contributed by atoms with E-state index in [4.69, 9.17) is 10.5 Å². The fourth-order valence-corrected chi connectivity index (χ4v) is 1.87. The third-order valence-electron chi connectivity index (χ3n) is 2.36. The van der Waals surface area contributed by atoms with Crippen molar-refractivity contribution in [2.24, 2.45) is 5.73 Å². The van der Waals surface area contributed by atoms with Crippen LogP contribution in [0.25, 0.3) is 0 Å². The van der Waals surface area contributed by atoms with Gasteiger partial charge < -0.3 is 10.5 Å². The first-order chi connectivity index (χ1) is 6.29. The molecule has 0 bridgehead atoms. The predicted octanol–water partition coefficient (Wildman–Crippen LogP) is 0.359. The number of carbonyl (C=O) groups excluding carboxylic acids is 1. The summed E-state index contributed by atoms with van der Waals surface area (Å²) in [6.45, 7) is 6.84. The van der Waals surface area contributed by atoms with Gasteiger partial charge in [-0.3, -0.25) is 9.69 Å². The molecule has 1 aliphatic heterocycles. The highest BCUT2D eigenvalue weighted by Gasteiger charge is 2.35. The maximum atomic E-state index is 11.0. The number of likely N-dealkylation sites (tertiary alicyclic amines) is 1. The van der Waals surface area contributed by atoms with Crippen molar-refractivity contribution in [3.05, 3.63) is 0 Å². The molecule has 1 amide bonds. The minimum absolute atomic E-state index is 0.123. The molecule has 2 atom stereocenters. The summed E-state index contributed by atoms with van der Waals surface area (Å²) < 4.78 is 5.80. The van der Waals surface area contributed by atoms with Crippen LogP contribution in [0.1, 0.15) is 27.2 Å². The first-order valence-electron chi connectivity index (χ1n) is 4.97. The number of nitrogens with two attached hydrogens (primary N) is 1. The second kappa shape index (κ2) is 3.87. The molecule has 2 unspecified atom stereocenters. The van der Waals surface area contributed by atoms with Gasteiger partial charge in [0, 0.05) is 6.54 Å². The summed E-state index contributed by atoms with van der Waals surface area (Å²) in [5, 5.41) is 0. The largest absolute Gasteiger partial charge is 0.371 e. The van der Waals surface area contributed by atoms with Crippen LogP contribution >= 0.6 is 0 Å². The molecular formula is C10H20N2O2. The van der Waals surface area contributed by atoms with Gasteiger partial charge in [0.25, 0.3) is 0 Å². The van der Waals surface area contributed by atoms with E-state index in [0.717, 1.165) is 6.54 Å². The summed E-state index contributed by atoms with van der Waals surface area (Å²) in [6, 6.07) is -0.164. The summed E-state index contributed by atoms with van der Waals surface area (Å²) >= 11 is 0. The lowest BCUT2D eigenvalue weighted by Gasteiger charge is -2.24. The molecule has 0 aromatic carbocycles. The van der Waals surface area contributed by atoms with Crippen molar-refractivity contribution in [2.45, 2.75) is 44.9 Å². The summed E-state index contributed by atoms with van der Waals surface area (Å²) in [7, 11) is 1.90. The third kappa shape index (κ3) is 2.96. The number of ether oxygens (including phenoxy) is 1. The normalized spacial score (nSPS) is 29.4. The van der Waals surface area contributed by atoms with E-state index in [-0.39, 0.29) is 23.7 Å². The highest BCUT2D eigenvalue weighted by molar-refractivity contribution is 5.80. The second-order valence-corrected chi connectivity index (χ2v) is 4.95.